The average molecular weight is 377 g/mol. The summed E-state index contributed by atoms with van der Waals surface area (Å²) in [7, 11) is 0. The summed E-state index contributed by atoms with van der Waals surface area (Å²) in [5, 5.41) is 33.0. The lowest BCUT2D eigenvalue weighted by Gasteiger charge is -2.22. The number of nitrogen functional groups attached to an aromatic ring is 1. The maximum atomic E-state index is 10.3. The number of imidazole rings is 1. The van der Waals surface area contributed by atoms with Gasteiger partial charge in [0.1, 0.15) is 29.6 Å². The fraction of sp³-hybridized carbons (Fsp3) is 0.667. The highest BCUT2D eigenvalue weighted by atomic mass is 16.6. The first-order valence-corrected chi connectivity index (χ1v) is 9.58. The van der Waals surface area contributed by atoms with Gasteiger partial charge in [-0.15, -0.1) is 0 Å². The van der Waals surface area contributed by atoms with Crippen molar-refractivity contribution in [2.24, 2.45) is 5.92 Å². The van der Waals surface area contributed by atoms with Gasteiger partial charge in [-0.1, -0.05) is 19.3 Å². The molecule has 0 unspecified atom stereocenters. The van der Waals surface area contributed by atoms with Gasteiger partial charge in [-0.2, -0.15) is 0 Å². The zero-order valence-corrected chi connectivity index (χ0v) is 15.2. The van der Waals surface area contributed by atoms with Crippen LogP contribution >= 0.6 is 0 Å². The van der Waals surface area contributed by atoms with Crippen LogP contribution in [0.1, 0.15) is 38.3 Å². The third kappa shape index (κ3) is 3.47. The fourth-order valence-electron chi connectivity index (χ4n) is 4.06. The molecular formula is C18H27N5O4. The van der Waals surface area contributed by atoms with Crippen molar-refractivity contribution in [1.82, 2.24) is 14.5 Å². The average Bonchev–Trinajstić information content (AvgIpc) is 3.23. The van der Waals surface area contributed by atoms with Crippen LogP contribution in [0.5, 0.6) is 0 Å². The van der Waals surface area contributed by atoms with E-state index in [1.54, 1.807) is 10.6 Å². The summed E-state index contributed by atoms with van der Waals surface area (Å²) < 4.78 is 7.15. The highest BCUT2D eigenvalue weighted by Gasteiger charge is 2.44. The first-order chi connectivity index (χ1) is 13.1. The molecule has 1 aliphatic heterocycles. The molecular weight excluding hydrogens is 350 g/mol. The van der Waals surface area contributed by atoms with Gasteiger partial charge in [0, 0.05) is 12.6 Å². The van der Waals surface area contributed by atoms with Gasteiger partial charge in [0.25, 0.3) is 0 Å². The predicted molar refractivity (Wildman–Crippen MR) is 100 cm³/mol. The van der Waals surface area contributed by atoms with Gasteiger partial charge in [0.05, 0.1) is 18.6 Å². The number of hydrogen-bond acceptors (Lipinski definition) is 8. The molecule has 1 aliphatic carbocycles. The Labute approximate surface area is 157 Å². The highest BCUT2D eigenvalue weighted by Crippen LogP contribution is 2.33. The number of ether oxygens (including phenoxy) is 1. The van der Waals surface area contributed by atoms with E-state index in [1.807, 2.05) is 0 Å². The summed E-state index contributed by atoms with van der Waals surface area (Å²) in [5.74, 6) is 1.29. The molecule has 0 amide bonds. The third-order valence-electron chi connectivity index (χ3n) is 5.65. The third-order valence-corrected chi connectivity index (χ3v) is 5.65. The van der Waals surface area contributed by atoms with Gasteiger partial charge in [0.15, 0.2) is 11.9 Å². The van der Waals surface area contributed by atoms with E-state index in [-0.39, 0.29) is 6.61 Å². The molecule has 9 nitrogen and oxygen atoms in total. The monoisotopic (exact) mass is 377 g/mol. The number of aromatic nitrogens is 3. The van der Waals surface area contributed by atoms with Gasteiger partial charge in [-0.3, -0.25) is 4.57 Å². The number of nitrogens with zero attached hydrogens (tertiary/aromatic N) is 3. The lowest BCUT2D eigenvalue weighted by Crippen LogP contribution is -2.33. The Morgan fingerprint density at radius 3 is 2.70 bits per heavy atom. The summed E-state index contributed by atoms with van der Waals surface area (Å²) in [6.07, 6.45) is 3.70. The van der Waals surface area contributed by atoms with Crippen molar-refractivity contribution in [1.29, 1.82) is 0 Å². The largest absolute Gasteiger partial charge is 0.397 e. The van der Waals surface area contributed by atoms with Crippen molar-refractivity contribution >= 4 is 22.7 Å². The van der Waals surface area contributed by atoms with E-state index in [4.69, 9.17) is 10.5 Å². The van der Waals surface area contributed by atoms with E-state index in [2.05, 4.69) is 15.3 Å². The summed E-state index contributed by atoms with van der Waals surface area (Å²) >= 11 is 0. The van der Waals surface area contributed by atoms with Gasteiger partial charge in [-0.25, -0.2) is 9.97 Å². The molecule has 0 radical (unpaired) electrons. The molecule has 2 aromatic heterocycles. The molecule has 1 saturated heterocycles. The Morgan fingerprint density at radius 1 is 1.22 bits per heavy atom. The second-order valence-electron chi connectivity index (χ2n) is 7.53. The van der Waals surface area contributed by atoms with Crippen molar-refractivity contribution in [2.45, 2.75) is 56.6 Å². The van der Waals surface area contributed by atoms with Crippen LogP contribution < -0.4 is 11.1 Å². The second-order valence-corrected chi connectivity index (χ2v) is 7.53. The molecule has 148 valence electrons. The zero-order valence-electron chi connectivity index (χ0n) is 15.2. The van der Waals surface area contributed by atoms with Crippen LogP contribution in [0.2, 0.25) is 0 Å². The number of fused-ring (bicyclic) bond motifs is 1. The molecule has 4 rings (SSSR count). The first-order valence-electron chi connectivity index (χ1n) is 9.58. The fourth-order valence-corrected chi connectivity index (χ4v) is 4.06. The Hall–Kier alpha value is -1.94. The van der Waals surface area contributed by atoms with Gasteiger partial charge in [-0.05, 0) is 18.8 Å². The highest BCUT2D eigenvalue weighted by molar-refractivity contribution is 5.86. The molecule has 0 spiro atoms. The predicted octanol–water partition coefficient (Wildman–Crippen LogP) is 0.617. The van der Waals surface area contributed by atoms with E-state index in [0.717, 1.165) is 6.54 Å². The Kier molecular flexibility index (Phi) is 5.18. The molecule has 9 heteroatoms. The van der Waals surface area contributed by atoms with E-state index >= 15 is 0 Å². The topological polar surface area (TPSA) is 139 Å². The van der Waals surface area contributed by atoms with E-state index in [0.29, 0.717) is 28.6 Å². The second kappa shape index (κ2) is 7.59. The molecule has 0 aromatic carbocycles. The van der Waals surface area contributed by atoms with E-state index < -0.39 is 24.5 Å². The van der Waals surface area contributed by atoms with E-state index in [1.165, 1.54) is 38.4 Å². The molecule has 3 heterocycles. The number of nitrogens with two attached hydrogens (primary N) is 1. The molecule has 4 atom stereocenters. The molecule has 27 heavy (non-hydrogen) atoms. The zero-order chi connectivity index (χ0) is 19.0. The van der Waals surface area contributed by atoms with Crippen LogP contribution in [0.3, 0.4) is 0 Å². The maximum absolute atomic E-state index is 10.3. The molecule has 0 bridgehead atoms. The van der Waals surface area contributed by atoms with Crippen molar-refractivity contribution in [3.63, 3.8) is 0 Å². The number of hydrogen-bond donors (Lipinski definition) is 5. The van der Waals surface area contributed by atoms with Crippen molar-refractivity contribution < 1.29 is 20.1 Å². The smallest absolute Gasteiger partial charge is 0.166 e. The Balaban J connectivity index is 1.58. The SMILES string of the molecule is Nc1cc(NCC2CCCCC2)nc2c1ncn2[C@@H]1O[C@H](CO)[C@@H](O)[C@H]1O. The Morgan fingerprint density at radius 2 is 2.00 bits per heavy atom. The summed E-state index contributed by atoms with van der Waals surface area (Å²) in [6, 6.07) is 1.76. The van der Waals surface area contributed by atoms with Crippen LogP contribution in [-0.4, -0.2) is 61.3 Å². The number of aliphatic hydroxyl groups is 3. The van der Waals surface area contributed by atoms with Crippen LogP contribution in [0.15, 0.2) is 12.4 Å². The number of anilines is 2. The summed E-state index contributed by atoms with van der Waals surface area (Å²) in [4.78, 5) is 8.89. The van der Waals surface area contributed by atoms with Crippen molar-refractivity contribution in [2.75, 3.05) is 24.2 Å². The molecule has 2 fully saturated rings. The minimum absolute atomic E-state index is 0.384. The quantitative estimate of drug-likeness (QED) is 0.511. The first kappa shape index (κ1) is 18.4. The van der Waals surface area contributed by atoms with Crippen LogP contribution in [0, 0.1) is 5.92 Å². The number of aliphatic hydroxyl groups excluding tert-OH is 3. The number of nitrogens with one attached hydrogen (secondary N) is 1. The van der Waals surface area contributed by atoms with Crippen LogP contribution in [0.4, 0.5) is 11.5 Å². The van der Waals surface area contributed by atoms with E-state index in [9.17, 15) is 15.3 Å². The summed E-state index contributed by atoms with van der Waals surface area (Å²) in [5.41, 5.74) is 7.61. The lowest BCUT2D eigenvalue weighted by molar-refractivity contribution is -0.0511. The van der Waals surface area contributed by atoms with Gasteiger partial charge >= 0.3 is 0 Å². The molecule has 1 saturated carbocycles. The number of pyridine rings is 1. The normalized spacial score (nSPS) is 29.4. The van der Waals surface area contributed by atoms with Crippen molar-refractivity contribution in [3.8, 4) is 0 Å². The van der Waals surface area contributed by atoms with Crippen molar-refractivity contribution in [3.05, 3.63) is 12.4 Å². The Bertz CT molecular complexity index is 791. The number of rotatable bonds is 5. The van der Waals surface area contributed by atoms with Gasteiger partial charge in [0.2, 0.25) is 0 Å². The minimum atomic E-state index is -1.19. The van der Waals surface area contributed by atoms with Gasteiger partial charge < -0.3 is 31.1 Å². The lowest BCUT2D eigenvalue weighted by atomic mass is 9.89. The van der Waals surface area contributed by atoms with Crippen LogP contribution in [-0.2, 0) is 4.74 Å². The minimum Gasteiger partial charge on any atom is -0.397 e. The standard InChI is InChI=1S/C18H27N5O4/c19-11-6-13(20-7-10-4-2-1-3-5-10)22-17-14(11)21-9-23(17)18-16(26)15(25)12(8-24)27-18/h6,9-10,12,15-16,18,24-26H,1-5,7-8H2,(H3,19,20,22)/t12-,15-,16-,18-/m1/s1. The van der Waals surface area contributed by atoms with Crippen LogP contribution in [0.25, 0.3) is 11.2 Å². The molecule has 2 aromatic rings. The maximum Gasteiger partial charge on any atom is 0.166 e. The molecule has 2 aliphatic rings. The summed E-state index contributed by atoms with van der Waals surface area (Å²) in [6.45, 7) is 0.463. The molecule has 6 N–H and O–H groups in total.